The number of piperidine rings is 1. The molecule has 17 heavy (non-hydrogen) atoms. The van der Waals surface area contributed by atoms with Gasteiger partial charge in [-0.25, -0.2) is 8.42 Å². The van der Waals surface area contributed by atoms with E-state index in [1.807, 2.05) is 0 Å². The molecule has 1 fully saturated rings. The first-order valence-corrected chi connectivity index (χ1v) is 7.99. The highest BCUT2D eigenvalue weighted by molar-refractivity contribution is 9.10. The Morgan fingerprint density at radius 3 is 2.24 bits per heavy atom. The number of halogens is 1. The fourth-order valence-corrected chi connectivity index (χ4v) is 3.71. The molecule has 1 aromatic carbocycles. The standard InChI is InChI=1S/C12H16BrNO2S/c1-10-6-8-14(9-7-10)17(15,16)12-4-2-11(13)3-5-12/h2-5,10H,6-9H2,1H3. The number of sulfonamides is 1. The van der Waals surface area contributed by atoms with E-state index >= 15 is 0 Å². The van der Waals surface area contributed by atoms with E-state index in [9.17, 15) is 8.42 Å². The maximum atomic E-state index is 12.3. The monoisotopic (exact) mass is 317 g/mol. The summed E-state index contributed by atoms with van der Waals surface area (Å²) in [7, 11) is -3.29. The van der Waals surface area contributed by atoms with Crippen molar-refractivity contribution in [1.29, 1.82) is 0 Å². The first-order valence-electron chi connectivity index (χ1n) is 5.76. The average Bonchev–Trinajstić information content (AvgIpc) is 2.30. The topological polar surface area (TPSA) is 37.4 Å². The van der Waals surface area contributed by atoms with Gasteiger partial charge in [0.25, 0.3) is 0 Å². The van der Waals surface area contributed by atoms with Gasteiger partial charge >= 0.3 is 0 Å². The molecule has 0 N–H and O–H groups in total. The molecule has 1 saturated heterocycles. The number of benzene rings is 1. The van der Waals surface area contributed by atoms with Crippen LogP contribution in [0.15, 0.2) is 33.6 Å². The number of rotatable bonds is 2. The molecular weight excluding hydrogens is 302 g/mol. The van der Waals surface area contributed by atoms with Crippen molar-refractivity contribution in [2.45, 2.75) is 24.7 Å². The fourth-order valence-electron chi connectivity index (χ4n) is 1.98. The third-order valence-corrected chi connectivity index (χ3v) is 5.64. The van der Waals surface area contributed by atoms with Gasteiger partial charge in [0.15, 0.2) is 0 Å². The molecule has 0 unspecified atom stereocenters. The van der Waals surface area contributed by atoms with Crippen LogP contribution in [0.4, 0.5) is 0 Å². The van der Waals surface area contributed by atoms with E-state index in [1.165, 1.54) is 0 Å². The summed E-state index contributed by atoms with van der Waals surface area (Å²) >= 11 is 3.31. The second-order valence-corrected chi connectivity index (χ2v) is 7.39. The van der Waals surface area contributed by atoms with Crippen molar-refractivity contribution < 1.29 is 8.42 Å². The zero-order chi connectivity index (χ0) is 12.5. The van der Waals surface area contributed by atoms with Crippen molar-refractivity contribution in [1.82, 2.24) is 4.31 Å². The zero-order valence-corrected chi connectivity index (χ0v) is 12.2. The van der Waals surface area contributed by atoms with E-state index in [2.05, 4.69) is 22.9 Å². The van der Waals surface area contributed by atoms with Crippen LogP contribution in [-0.4, -0.2) is 25.8 Å². The Hall–Kier alpha value is -0.390. The summed E-state index contributed by atoms with van der Waals surface area (Å²) in [6.07, 6.45) is 1.91. The second kappa shape index (κ2) is 5.08. The molecule has 1 aliphatic heterocycles. The molecule has 5 heteroatoms. The molecule has 0 spiro atoms. The van der Waals surface area contributed by atoms with Crippen LogP contribution >= 0.6 is 15.9 Å². The predicted molar refractivity (Wildman–Crippen MR) is 71.3 cm³/mol. The molecule has 3 nitrogen and oxygen atoms in total. The SMILES string of the molecule is CC1CCN(S(=O)(=O)c2ccc(Br)cc2)CC1. The highest BCUT2D eigenvalue weighted by atomic mass is 79.9. The Bertz CT molecular complexity index is 476. The Kier molecular flexibility index (Phi) is 3.90. The Labute approximate surface area is 111 Å². The van der Waals surface area contributed by atoms with Crippen LogP contribution < -0.4 is 0 Å². The normalized spacial score (nSPS) is 19.4. The molecule has 2 rings (SSSR count). The maximum Gasteiger partial charge on any atom is 0.243 e. The van der Waals surface area contributed by atoms with Crippen molar-refractivity contribution in [3.05, 3.63) is 28.7 Å². The Morgan fingerprint density at radius 1 is 1.18 bits per heavy atom. The van der Waals surface area contributed by atoms with E-state index in [4.69, 9.17) is 0 Å². The van der Waals surface area contributed by atoms with Crippen LogP contribution in [0, 0.1) is 5.92 Å². The highest BCUT2D eigenvalue weighted by Gasteiger charge is 2.27. The van der Waals surface area contributed by atoms with Gasteiger partial charge in [-0.1, -0.05) is 22.9 Å². The molecule has 0 aliphatic carbocycles. The maximum absolute atomic E-state index is 12.3. The molecule has 1 aromatic rings. The minimum atomic E-state index is -3.29. The lowest BCUT2D eigenvalue weighted by Gasteiger charge is -2.29. The summed E-state index contributed by atoms with van der Waals surface area (Å²) in [4.78, 5) is 0.384. The van der Waals surface area contributed by atoms with Gasteiger partial charge < -0.3 is 0 Å². The number of hydrogen-bond donors (Lipinski definition) is 0. The molecule has 1 heterocycles. The summed E-state index contributed by atoms with van der Waals surface area (Å²) in [6.45, 7) is 3.45. The van der Waals surface area contributed by atoms with E-state index in [-0.39, 0.29) is 0 Å². The Morgan fingerprint density at radius 2 is 1.71 bits per heavy atom. The van der Waals surface area contributed by atoms with Gasteiger partial charge in [0.2, 0.25) is 10.0 Å². The molecule has 0 aromatic heterocycles. The summed E-state index contributed by atoms with van der Waals surface area (Å²) in [5.41, 5.74) is 0. The largest absolute Gasteiger partial charge is 0.243 e. The van der Waals surface area contributed by atoms with Crippen molar-refractivity contribution in [2.75, 3.05) is 13.1 Å². The van der Waals surface area contributed by atoms with Crippen LogP contribution in [0.2, 0.25) is 0 Å². The van der Waals surface area contributed by atoms with Crippen molar-refractivity contribution in [3.8, 4) is 0 Å². The molecule has 0 saturated carbocycles. The first-order chi connectivity index (χ1) is 8.00. The minimum Gasteiger partial charge on any atom is -0.207 e. The average molecular weight is 318 g/mol. The van der Waals surface area contributed by atoms with Crippen LogP contribution in [-0.2, 0) is 10.0 Å². The molecule has 0 atom stereocenters. The van der Waals surface area contributed by atoms with Gasteiger partial charge in [-0.3, -0.25) is 0 Å². The lowest BCUT2D eigenvalue weighted by atomic mass is 10.0. The van der Waals surface area contributed by atoms with Gasteiger partial charge in [-0.2, -0.15) is 4.31 Å². The molecule has 94 valence electrons. The lowest BCUT2D eigenvalue weighted by molar-refractivity contribution is 0.288. The van der Waals surface area contributed by atoms with Crippen LogP contribution in [0.25, 0.3) is 0 Å². The first kappa shape index (κ1) is 13.1. The quantitative estimate of drug-likeness (QED) is 0.841. The number of hydrogen-bond acceptors (Lipinski definition) is 2. The van der Waals surface area contributed by atoms with Gasteiger partial charge in [0.1, 0.15) is 0 Å². The van der Waals surface area contributed by atoms with Crippen molar-refractivity contribution in [2.24, 2.45) is 5.92 Å². The Balaban J connectivity index is 2.21. The van der Waals surface area contributed by atoms with E-state index in [0.717, 1.165) is 17.3 Å². The van der Waals surface area contributed by atoms with Crippen LogP contribution in [0.5, 0.6) is 0 Å². The van der Waals surface area contributed by atoms with Gasteiger partial charge in [0.05, 0.1) is 4.90 Å². The summed E-state index contributed by atoms with van der Waals surface area (Å²) in [5, 5.41) is 0. The summed E-state index contributed by atoms with van der Waals surface area (Å²) < 4.78 is 27.1. The molecule has 0 amide bonds. The minimum absolute atomic E-state index is 0.384. The number of nitrogens with zero attached hydrogens (tertiary/aromatic N) is 1. The smallest absolute Gasteiger partial charge is 0.207 e. The van der Waals surface area contributed by atoms with Crippen LogP contribution in [0.1, 0.15) is 19.8 Å². The van der Waals surface area contributed by atoms with E-state index in [0.29, 0.717) is 23.9 Å². The summed E-state index contributed by atoms with van der Waals surface area (Å²) in [6, 6.07) is 6.83. The molecule has 1 aliphatic rings. The third-order valence-electron chi connectivity index (χ3n) is 3.19. The predicted octanol–water partition coefficient (Wildman–Crippen LogP) is 2.87. The van der Waals surface area contributed by atoms with Crippen molar-refractivity contribution >= 4 is 26.0 Å². The fraction of sp³-hybridized carbons (Fsp3) is 0.500. The second-order valence-electron chi connectivity index (χ2n) is 4.54. The molecular formula is C12H16BrNO2S. The zero-order valence-electron chi connectivity index (χ0n) is 9.77. The van der Waals surface area contributed by atoms with Gasteiger partial charge in [-0.05, 0) is 43.0 Å². The van der Waals surface area contributed by atoms with Crippen molar-refractivity contribution in [3.63, 3.8) is 0 Å². The lowest BCUT2D eigenvalue weighted by Crippen LogP contribution is -2.37. The summed E-state index contributed by atoms with van der Waals surface area (Å²) in [5.74, 6) is 0.631. The molecule has 0 bridgehead atoms. The highest BCUT2D eigenvalue weighted by Crippen LogP contribution is 2.24. The molecule has 0 radical (unpaired) electrons. The van der Waals surface area contributed by atoms with E-state index < -0.39 is 10.0 Å². The van der Waals surface area contributed by atoms with E-state index in [1.54, 1.807) is 28.6 Å². The third kappa shape index (κ3) is 2.89. The van der Waals surface area contributed by atoms with Crippen LogP contribution in [0.3, 0.4) is 0 Å². The van der Waals surface area contributed by atoms with Gasteiger partial charge in [-0.15, -0.1) is 0 Å². The van der Waals surface area contributed by atoms with Gasteiger partial charge in [0, 0.05) is 17.6 Å².